The quantitative estimate of drug-likeness (QED) is 0.773. The summed E-state index contributed by atoms with van der Waals surface area (Å²) < 4.78 is 2.39. The predicted molar refractivity (Wildman–Crippen MR) is 100 cm³/mol. The lowest BCUT2D eigenvalue weighted by atomic mass is 10.1. The molecule has 3 rings (SSSR count). The fourth-order valence-electron chi connectivity index (χ4n) is 4.07. The van der Waals surface area contributed by atoms with Crippen molar-refractivity contribution in [2.24, 2.45) is 0 Å². The van der Waals surface area contributed by atoms with Crippen molar-refractivity contribution in [1.29, 1.82) is 0 Å². The van der Waals surface area contributed by atoms with E-state index in [1.54, 1.807) is 0 Å². The number of aromatic nitrogens is 1. The SMILES string of the molecule is Cc1ccc(NCC(=O)c2cc(C)n(C3CCCC3)c2C)c(C)c1. The first-order valence-corrected chi connectivity index (χ1v) is 9.00. The molecule has 0 atom stereocenters. The molecule has 1 aromatic heterocycles. The number of carbonyl (C=O) groups is 1. The maximum absolute atomic E-state index is 12.7. The van der Waals surface area contributed by atoms with E-state index in [1.807, 2.05) is 0 Å². The number of aryl methyl sites for hydroxylation is 3. The maximum atomic E-state index is 12.7. The fraction of sp³-hybridized carbons (Fsp3) is 0.476. The van der Waals surface area contributed by atoms with Gasteiger partial charge in [-0.1, -0.05) is 30.5 Å². The third kappa shape index (κ3) is 3.26. The number of Topliss-reactive ketones (excluding diaryl/α,β-unsaturated/α-hetero) is 1. The minimum absolute atomic E-state index is 0.173. The molecule has 2 aromatic rings. The molecule has 0 saturated heterocycles. The monoisotopic (exact) mass is 324 g/mol. The normalized spacial score (nSPS) is 15.0. The van der Waals surface area contributed by atoms with Crippen LogP contribution >= 0.6 is 0 Å². The number of carbonyl (C=O) groups excluding carboxylic acids is 1. The van der Waals surface area contributed by atoms with E-state index in [1.165, 1.54) is 42.5 Å². The van der Waals surface area contributed by atoms with E-state index in [2.05, 4.69) is 61.8 Å². The molecule has 128 valence electrons. The lowest BCUT2D eigenvalue weighted by Crippen LogP contribution is -2.16. The Bertz CT molecular complexity index is 751. The number of hydrogen-bond donors (Lipinski definition) is 1. The van der Waals surface area contributed by atoms with E-state index in [0.717, 1.165) is 16.9 Å². The minimum Gasteiger partial charge on any atom is -0.377 e. The van der Waals surface area contributed by atoms with Crippen molar-refractivity contribution in [3.8, 4) is 0 Å². The fourth-order valence-corrected chi connectivity index (χ4v) is 4.07. The molecule has 0 spiro atoms. The second-order valence-corrected chi connectivity index (χ2v) is 7.19. The Balaban J connectivity index is 1.74. The third-order valence-corrected chi connectivity index (χ3v) is 5.30. The molecule has 1 aliphatic rings. The highest BCUT2D eigenvalue weighted by molar-refractivity contribution is 6.00. The van der Waals surface area contributed by atoms with Gasteiger partial charge in [0.25, 0.3) is 0 Å². The van der Waals surface area contributed by atoms with Gasteiger partial charge in [0.15, 0.2) is 5.78 Å². The van der Waals surface area contributed by atoms with Gasteiger partial charge in [-0.15, -0.1) is 0 Å². The van der Waals surface area contributed by atoms with Crippen LogP contribution in [0.1, 0.15) is 64.6 Å². The van der Waals surface area contributed by atoms with Gasteiger partial charge in [0, 0.05) is 28.7 Å². The van der Waals surface area contributed by atoms with Gasteiger partial charge in [-0.3, -0.25) is 4.79 Å². The molecule has 1 aliphatic carbocycles. The molecular formula is C21H28N2O. The van der Waals surface area contributed by atoms with Gasteiger partial charge in [0.2, 0.25) is 0 Å². The van der Waals surface area contributed by atoms with Gasteiger partial charge < -0.3 is 9.88 Å². The van der Waals surface area contributed by atoms with Crippen molar-refractivity contribution in [2.45, 2.75) is 59.4 Å². The number of hydrogen-bond acceptors (Lipinski definition) is 2. The van der Waals surface area contributed by atoms with Crippen LogP contribution in [0.3, 0.4) is 0 Å². The van der Waals surface area contributed by atoms with Gasteiger partial charge in [0.05, 0.1) is 6.54 Å². The largest absolute Gasteiger partial charge is 0.377 e. The summed E-state index contributed by atoms with van der Waals surface area (Å²) in [7, 11) is 0. The average Bonchev–Trinajstić information content (AvgIpc) is 3.14. The lowest BCUT2D eigenvalue weighted by molar-refractivity contribution is 0.101. The minimum atomic E-state index is 0.173. The van der Waals surface area contributed by atoms with Crippen LogP contribution < -0.4 is 5.32 Å². The second kappa shape index (κ2) is 6.84. The smallest absolute Gasteiger partial charge is 0.183 e. The number of ketones is 1. The number of nitrogens with one attached hydrogen (secondary N) is 1. The standard InChI is InChI=1S/C21H28N2O/c1-14-9-10-20(15(2)11-14)22-13-21(24)19-12-16(3)23(17(19)4)18-7-5-6-8-18/h9-12,18,22H,5-8,13H2,1-4H3. The molecule has 0 unspecified atom stereocenters. The Kier molecular flexibility index (Phi) is 4.79. The van der Waals surface area contributed by atoms with Crippen LogP contribution in [0.5, 0.6) is 0 Å². The van der Waals surface area contributed by atoms with E-state index in [9.17, 15) is 4.79 Å². The Labute approximate surface area is 145 Å². The first-order valence-electron chi connectivity index (χ1n) is 9.00. The summed E-state index contributed by atoms with van der Waals surface area (Å²) in [5, 5.41) is 3.31. The van der Waals surface area contributed by atoms with Gasteiger partial charge >= 0.3 is 0 Å². The van der Waals surface area contributed by atoms with Crippen molar-refractivity contribution >= 4 is 11.5 Å². The molecule has 3 heteroatoms. The molecular weight excluding hydrogens is 296 g/mol. The molecule has 0 bridgehead atoms. The Morgan fingerprint density at radius 3 is 2.50 bits per heavy atom. The van der Waals surface area contributed by atoms with Crippen LogP contribution in [-0.4, -0.2) is 16.9 Å². The molecule has 0 amide bonds. The lowest BCUT2D eigenvalue weighted by Gasteiger charge is -2.17. The summed E-state index contributed by atoms with van der Waals surface area (Å²) in [5.74, 6) is 0.173. The Hall–Kier alpha value is -2.03. The summed E-state index contributed by atoms with van der Waals surface area (Å²) in [6.07, 6.45) is 5.09. The zero-order valence-electron chi connectivity index (χ0n) is 15.3. The molecule has 1 aromatic carbocycles. The molecule has 0 radical (unpaired) electrons. The third-order valence-electron chi connectivity index (χ3n) is 5.30. The highest BCUT2D eigenvalue weighted by Crippen LogP contribution is 2.33. The van der Waals surface area contributed by atoms with Crippen LogP contribution in [0, 0.1) is 27.7 Å². The molecule has 0 aliphatic heterocycles. The maximum Gasteiger partial charge on any atom is 0.183 e. The number of anilines is 1. The van der Waals surface area contributed by atoms with Crippen LogP contribution in [0.4, 0.5) is 5.69 Å². The summed E-state index contributed by atoms with van der Waals surface area (Å²) >= 11 is 0. The molecule has 1 fully saturated rings. The molecule has 24 heavy (non-hydrogen) atoms. The molecule has 3 nitrogen and oxygen atoms in total. The number of rotatable bonds is 5. The second-order valence-electron chi connectivity index (χ2n) is 7.19. The molecule has 1 heterocycles. The molecule has 1 saturated carbocycles. The highest BCUT2D eigenvalue weighted by Gasteiger charge is 2.23. The first-order chi connectivity index (χ1) is 11.5. The van der Waals surface area contributed by atoms with Crippen LogP contribution in [0.2, 0.25) is 0 Å². The Morgan fingerprint density at radius 1 is 1.12 bits per heavy atom. The summed E-state index contributed by atoms with van der Waals surface area (Å²) in [5.41, 5.74) is 6.68. The topological polar surface area (TPSA) is 34.0 Å². The molecule has 1 N–H and O–H groups in total. The van der Waals surface area contributed by atoms with Crippen molar-refractivity contribution in [1.82, 2.24) is 4.57 Å². The van der Waals surface area contributed by atoms with Gasteiger partial charge in [-0.2, -0.15) is 0 Å². The van der Waals surface area contributed by atoms with Crippen LogP contribution in [0.15, 0.2) is 24.3 Å². The zero-order chi connectivity index (χ0) is 17.3. The zero-order valence-corrected chi connectivity index (χ0v) is 15.3. The first kappa shape index (κ1) is 16.8. The Morgan fingerprint density at radius 2 is 1.83 bits per heavy atom. The van der Waals surface area contributed by atoms with E-state index < -0.39 is 0 Å². The van der Waals surface area contributed by atoms with E-state index in [-0.39, 0.29) is 5.78 Å². The van der Waals surface area contributed by atoms with Gasteiger partial charge in [0.1, 0.15) is 0 Å². The summed E-state index contributed by atoms with van der Waals surface area (Å²) in [6.45, 7) is 8.72. The average molecular weight is 324 g/mol. The van der Waals surface area contributed by atoms with Crippen molar-refractivity contribution in [2.75, 3.05) is 11.9 Å². The van der Waals surface area contributed by atoms with Gasteiger partial charge in [-0.05, 0) is 58.2 Å². The van der Waals surface area contributed by atoms with Crippen LogP contribution in [0.25, 0.3) is 0 Å². The van der Waals surface area contributed by atoms with Crippen molar-refractivity contribution < 1.29 is 4.79 Å². The number of benzene rings is 1. The highest BCUT2D eigenvalue weighted by atomic mass is 16.1. The van der Waals surface area contributed by atoms with E-state index in [0.29, 0.717) is 12.6 Å². The van der Waals surface area contributed by atoms with E-state index in [4.69, 9.17) is 0 Å². The van der Waals surface area contributed by atoms with Crippen molar-refractivity contribution in [3.05, 3.63) is 52.3 Å². The predicted octanol–water partition coefficient (Wildman–Crippen LogP) is 5.13. The van der Waals surface area contributed by atoms with Crippen molar-refractivity contribution in [3.63, 3.8) is 0 Å². The number of nitrogens with zero attached hydrogens (tertiary/aromatic N) is 1. The van der Waals surface area contributed by atoms with Gasteiger partial charge in [-0.25, -0.2) is 0 Å². The summed E-state index contributed by atoms with van der Waals surface area (Å²) in [6, 6.07) is 8.92. The van der Waals surface area contributed by atoms with Crippen LogP contribution in [-0.2, 0) is 0 Å². The van der Waals surface area contributed by atoms with E-state index >= 15 is 0 Å². The summed E-state index contributed by atoms with van der Waals surface area (Å²) in [4.78, 5) is 12.7.